The predicted octanol–water partition coefficient (Wildman–Crippen LogP) is 3.03. The summed E-state index contributed by atoms with van der Waals surface area (Å²) in [5, 5.41) is 12.4. The summed E-state index contributed by atoms with van der Waals surface area (Å²) in [6.07, 6.45) is 3.96. The van der Waals surface area contributed by atoms with E-state index in [1.54, 1.807) is 6.07 Å². The summed E-state index contributed by atoms with van der Waals surface area (Å²) in [5.74, 6) is -0.824. The van der Waals surface area contributed by atoms with E-state index in [9.17, 15) is 4.79 Å². The molecule has 0 bridgehead atoms. The molecule has 0 atom stereocenters. The summed E-state index contributed by atoms with van der Waals surface area (Å²) in [4.78, 5) is 12.4. The minimum atomic E-state index is -0.824. The largest absolute Gasteiger partial charge is 0.477 e. The van der Waals surface area contributed by atoms with E-state index in [1.807, 2.05) is 6.92 Å². The normalized spacial score (nSPS) is 17.8. The number of aromatic carboxylic acids is 1. The molecule has 2 N–H and O–H groups in total. The Bertz CT molecular complexity index is 421. The van der Waals surface area contributed by atoms with Gasteiger partial charge in [0, 0.05) is 18.0 Å². The molecule has 0 unspecified atom stereocenters. The second kappa shape index (κ2) is 4.78. The molecule has 3 nitrogen and oxygen atoms in total. The SMILES string of the molecule is Cc1sc(C(=O)O)cc1CNCC1(C)CCC1. The van der Waals surface area contributed by atoms with Crippen LogP contribution in [-0.4, -0.2) is 17.6 Å². The molecule has 1 aromatic heterocycles. The minimum Gasteiger partial charge on any atom is -0.477 e. The zero-order valence-electron chi connectivity index (χ0n) is 10.4. The highest BCUT2D eigenvalue weighted by molar-refractivity contribution is 7.14. The number of hydrogen-bond donors (Lipinski definition) is 2. The van der Waals surface area contributed by atoms with Crippen LogP contribution in [0.3, 0.4) is 0 Å². The number of aryl methyl sites for hydroxylation is 1. The van der Waals surface area contributed by atoms with Gasteiger partial charge in [0.15, 0.2) is 0 Å². The van der Waals surface area contributed by atoms with Gasteiger partial charge in [-0.25, -0.2) is 4.79 Å². The van der Waals surface area contributed by atoms with Crippen LogP contribution in [0.1, 0.15) is 46.3 Å². The standard InChI is InChI=1S/C13H19NO2S/c1-9-10(6-11(17-9)12(15)16)7-14-8-13(2)4-3-5-13/h6,14H,3-5,7-8H2,1-2H3,(H,15,16). The Kier molecular flexibility index (Phi) is 3.54. The van der Waals surface area contributed by atoms with Gasteiger partial charge in [-0.2, -0.15) is 0 Å². The quantitative estimate of drug-likeness (QED) is 0.848. The Labute approximate surface area is 106 Å². The fraction of sp³-hybridized carbons (Fsp3) is 0.615. The van der Waals surface area contributed by atoms with Crippen LogP contribution in [-0.2, 0) is 6.54 Å². The van der Waals surface area contributed by atoms with Crippen molar-refractivity contribution in [2.45, 2.75) is 39.7 Å². The number of carbonyl (C=O) groups is 1. The fourth-order valence-electron chi connectivity index (χ4n) is 2.26. The molecule has 1 aliphatic rings. The first-order valence-corrected chi connectivity index (χ1v) is 6.85. The summed E-state index contributed by atoms with van der Waals surface area (Å²) >= 11 is 1.36. The van der Waals surface area contributed by atoms with Gasteiger partial charge in [-0.3, -0.25) is 0 Å². The molecule has 2 rings (SSSR count). The zero-order chi connectivity index (χ0) is 12.5. The van der Waals surface area contributed by atoms with Crippen molar-refractivity contribution in [1.82, 2.24) is 5.32 Å². The second-order valence-corrected chi connectivity index (χ2v) is 6.52. The van der Waals surface area contributed by atoms with Gasteiger partial charge in [0.1, 0.15) is 4.88 Å². The molecular formula is C13H19NO2S. The van der Waals surface area contributed by atoms with Crippen molar-refractivity contribution < 1.29 is 9.90 Å². The van der Waals surface area contributed by atoms with Crippen LogP contribution < -0.4 is 5.32 Å². The van der Waals surface area contributed by atoms with Crippen LogP contribution in [0, 0.1) is 12.3 Å². The molecule has 4 heteroatoms. The lowest BCUT2D eigenvalue weighted by Gasteiger charge is -2.38. The molecule has 1 aliphatic carbocycles. The number of hydrogen-bond acceptors (Lipinski definition) is 3. The average molecular weight is 253 g/mol. The zero-order valence-corrected chi connectivity index (χ0v) is 11.2. The minimum absolute atomic E-state index is 0.439. The molecule has 1 aromatic rings. The monoisotopic (exact) mass is 253 g/mol. The van der Waals surface area contributed by atoms with E-state index in [4.69, 9.17) is 5.11 Å². The van der Waals surface area contributed by atoms with Gasteiger partial charge in [-0.1, -0.05) is 13.3 Å². The van der Waals surface area contributed by atoms with Gasteiger partial charge in [-0.05, 0) is 36.8 Å². The van der Waals surface area contributed by atoms with E-state index in [2.05, 4.69) is 12.2 Å². The lowest BCUT2D eigenvalue weighted by molar-refractivity contribution is 0.0702. The predicted molar refractivity (Wildman–Crippen MR) is 69.7 cm³/mol. The summed E-state index contributed by atoms with van der Waals surface area (Å²) in [7, 11) is 0. The molecular weight excluding hydrogens is 234 g/mol. The van der Waals surface area contributed by atoms with Crippen molar-refractivity contribution in [2.24, 2.45) is 5.41 Å². The maximum atomic E-state index is 10.8. The molecule has 0 aliphatic heterocycles. The van der Waals surface area contributed by atoms with Crippen LogP contribution in [0.25, 0.3) is 0 Å². The van der Waals surface area contributed by atoms with E-state index < -0.39 is 5.97 Å². The summed E-state index contributed by atoms with van der Waals surface area (Å²) in [6.45, 7) is 6.11. The van der Waals surface area contributed by atoms with Gasteiger partial charge >= 0.3 is 5.97 Å². The van der Waals surface area contributed by atoms with E-state index in [0.717, 1.165) is 23.5 Å². The molecule has 0 radical (unpaired) electrons. The number of carboxylic acid groups (broad SMARTS) is 1. The first kappa shape index (κ1) is 12.6. The van der Waals surface area contributed by atoms with Crippen LogP contribution in [0.15, 0.2) is 6.07 Å². The van der Waals surface area contributed by atoms with E-state index in [0.29, 0.717) is 10.3 Å². The van der Waals surface area contributed by atoms with Crippen LogP contribution in [0.4, 0.5) is 0 Å². The van der Waals surface area contributed by atoms with Gasteiger partial charge in [-0.15, -0.1) is 11.3 Å². The van der Waals surface area contributed by atoms with Gasteiger partial charge in [0.2, 0.25) is 0 Å². The second-order valence-electron chi connectivity index (χ2n) is 5.26. The van der Waals surface area contributed by atoms with Crippen molar-refractivity contribution in [2.75, 3.05) is 6.54 Å². The van der Waals surface area contributed by atoms with E-state index in [-0.39, 0.29) is 0 Å². The van der Waals surface area contributed by atoms with Crippen LogP contribution in [0.2, 0.25) is 0 Å². The topological polar surface area (TPSA) is 49.3 Å². The molecule has 0 saturated heterocycles. The molecule has 1 heterocycles. The maximum Gasteiger partial charge on any atom is 0.345 e. The Hall–Kier alpha value is -0.870. The lowest BCUT2D eigenvalue weighted by atomic mass is 9.70. The third-order valence-electron chi connectivity index (χ3n) is 3.66. The summed E-state index contributed by atoms with van der Waals surface area (Å²) < 4.78 is 0. The Balaban J connectivity index is 1.88. The van der Waals surface area contributed by atoms with Crippen molar-refractivity contribution in [3.05, 3.63) is 21.4 Å². The molecule has 0 aromatic carbocycles. The first-order chi connectivity index (χ1) is 8.00. The van der Waals surface area contributed by atoms with Gasteiger partial charge in [0.05, 0.1) is 0 Å². The Morgan fingerprint density at radius 1 is 1.59 bits per heavy atom. The van der Waals surface area contributed by atoms with Crippen molar-refractivity contribution in [1.29, 1.82) is 0 Å². The molecule has 17 heavy (non-hydrogen) atoms. The molecule has 1 fully saturated rings. The maximum absolute atomic E-state index is 10.8. The van der Waals surface area contributed by atoms with E-state index in [1.165, 1.54) is 30.6 Å². The third kappa shape index (κ3) is 2.87. The van der Waals surface area contributed by atoms with Crippen LogP contribution in [0.5, 0.6) is 0 Å². The highest BCUT2D eigenvalue weighted by Crippen LogP contribution is 2.39. The van der Waals surface area contributed by atoms with Crippen molar-refractivity contribution in [3.8, 4) is 0 Å². The van der Waals surface area contributed by atoms with Crippen molar-refractivity contribution in [3.63, 3.8) is 0 Å². The first-order valence-electron chi connectivity index (χ1n) is 6.03. The molecule has 94 valence electrons. The van der Waals surface area contributed by atoms with Crippen molar-refractivity contribution >= 4 is 17.3 Å². The number of rotatable bonds is 5. The summed E-state index contributed by atoms with van der Waals surface area (Å²) in [6, 6.07) is 1.79. The lowest BCUT2D eigenvalue weighted by Crippen LogP contribution is -2.36. The highest BCUT2D eigenvalue weighted by atomic mass is 32.1. The Morgan fingerprint density at radius 2 is 2.29 bits per heavy atom. The Morgan fingerprint density at radius 3 is 2.76 bits per heavy atom. The number of nitrogens with one attached hydrogen (secondary N) is 1. The van der Waals surface area contributed by atoms with Gasteiger partial charge in [0.25, 0.3) is 0 Å². The number of thiophene rings is 1. The molecule has 1 saturated carbocycles. The van der Waals surface area contributed by atoms with E-state index >= 15 is 0 Å². The highest BCUT2D eigenvalue weighted by Gasteiger charge is 2.30. The smallest absolute Gasteiger partial charge is 0.345 e. The average Bonchev–Trinajstić information content (AvgIpc) is 2.58. The third-order valence-corrected chi connectivity index (χ3v) is 4.74. The molecule has 0 amide bonds. The summed E-state index contributed by atoms with van der Waals surface area (Å²) in [5.41, 5.74) is 1.59. The number of carboxylic acids is 1. The fourth-order valence-corrected chi connectivity index (χ4v) is 3.14. The van der Waals surface area contributed by atoms with Crippen LogP contribution >= 0.6 is 11.3 Å². The molecule has 0 spiro atoms. The van der Waals surface area contributed by atoms with Gasteiger partial charge < -0.3 is 10.4 Å².